The van der Waals surface area contributed by atoms with E-state index in [1.807, 2.05) is 0 Å². The van der Waals surface area contributed by atoms with Crippen LogP contribution in [0.2, 0.25) is 0 Å². The Labute approximate surface area is 156 Å². The highest BCUT2D eigenvalue weighted by molar-refractivity contribution is 7.19. The molecular formula is C18H17F3N2O3S. The number of aliphatic hydroxyl groups excluding tert-OH is 1. The SMILES string of the molecule is Cc1cc2c(cc(C(=O)NCC(O)c3ccc(O)cc3)n2CC(F)(F)F)s1. The Kier molecular flexibility index (Phi) is 5.16. The van der Waals surface area contributed by atoms with Gasteiger partial charge in [0, 0.05) is 11.4 Å². The van der Waals surface area contributed by atoms with E-state index in [1.54, 1.807) is 13.0 Å². The molecule has 144 valence electrons. The van der Waals surface area contributed by atoms with Gasteiger partial charge in [-0.05, 0) is 36.8 Å². The predicted octanol–water partition coefficient (Wildman–Crippen LogP) is 3.74. The second-order valence-corrected chi connectivity index (χ2v) is 7.44. The first-order valence-corrected chi connectivity index (χ1v) is 8.87. The van der Waals surface area contributed by atoms with Crippen molar-refractivity contribution in [3.63, 3.8) is 0 Å². The average molecular weight is 398 g/mol. The van der Waals surface area contributed by atoms with Crippen molar-refractivity contribution in [3.8, 4) is 5.75 Å². The van der Waals surface area contributed by atoms with Gasteiger partial charge < -0.3 is 20.1 Å². The molecule has 3 N–H and O–H groups in total. The second-order valence-electron chi connectivity index (χ2n) is 6.15. The molecule has 1 aromatic carbocycles. The van der Waals surface area contributed by atoms with Gasteiger partial charge in [-0.25, -0.2) is 0 Å². The van der Waals surface area contributed by atoms with Crippen LogP contribution in [0.4, 0.5) is 13.2 Å². The maximum absolute atomic E-state index is 13.0. The molecule has 0 aliphatic carbocycles. The van der Waals surface area contributed by atoms with Crippen LogP contribution in [0.15, 0.2) is 36.4 Å². The van der Waals surface area contributed by atoms with E-state index >= 15 is 0 Å². The normalized spacial score (nSPS) is 13.1. The lowest BCUT2D eigenvalue weighted by molar-refractivity contribution is -0.140. The number of hydrogen-bond acceptors (Lipinski definition) is 4. The van der Waals surface area contributed by atoms with Gasteiger partial charge in [-0.15, -0.1) is 11.3 Å². The van der Waals surface area contributed by atoms with Gasteiger partial charge in [-0.2, -0.15) is 13.2 Å². The number of carbonyl (C=O) groups is 1. The van der Waals surface area contributed by atoms with Gasteiger partial charge in [0.15, 0.2) is 0 Å². The summed E-state index contributed by atoms with van der Waals surface area (Å²) in [6.45, 7) is 0.347. The number of nitrogens with zero attached hydrogens (tertiary/aromatic N) is 1. The highest BCUT2D eigenvalue weighted by Crippen LogP contribution is 2.31. The third kappa shape index (κ3) is 4.42. The van der Waals surface area contributed by atoms with Crippen molar-refractivity contribution in [3.05, 3.63) is 52.5 Å². The van der Waals surface area contributed by atoms with Crippen LogP contribution in [0, 0.1) is 6.92 Å². The number of halogens is 3. The van der Waals surface area contributed by atoms with Crippen LogP contribution in [0.5, 0.6) is 5.75 Å². The van der Waals surface area contributed by atoms with Crippen molar-refractivity contribution in [2.75, 3.05) is 6.54 Å². The van der Waals surface area contributed by atoms with Crippen LogP contribution in [0.1, 0.15) is 27.0 Å². The van der Waals surface area contributed by atoms with Crippen LogP contribution >= 0.6 is 11.3 Å². The predicted molar refractivity (Wildman–Crippen MR) is 96.0 cm³/mol. The zero-order valence-corrected chi connectivity index (χ0v) is 15.1. The maximum Gasteiger partial charge on any atom is 0.406 e. The Bertz CT molecular complexity index is 961. The molecule has 0 aliphatic heterocycles. The van der Waals surface area contributed by atoms with Crippen LogP contribution in [-0.2, 0) is 6.54 Å². The monoisotopic (exact) mass is 398 g/mol. The maximum atomic E-state index is 13.0. The number of phenolic OH excluding ortho intramolecular Hbond substituents is 1. The summed E-state index contributed by atoms with van der Waals surface area (Å²) in [6, 6.07) is 8.83. The minimum Gasteiger partial charge on any atom is -0.508 e. The summed E-state index contributed by atoms with van der Waals surface area (Å²) in [5.74, 6) is -0.659. The Morgan fingerprint density at radius 1 is 1.26 bits per heavy atom. The molecule has 0 bridgehead atoms. The number of alkyl halides is 3. The third-order valence-electron chi connectivity index (χ3n) is 4.02. The molecule has 0 fully saturated rings. The number of aromatic hydroxyl groups is 1. The zero-order chi connectivity index (χ0) is 19.8. The Hall–Kier alpha value is -2.52. The highest BCUT2D eigenvalue weighted by Gasteiger charge is 2.31. The molecule has 27 heavy (non-hydrogen) atoms. The third-order valence-corrected chi connectivity index (χ3v) is 5.00. The number of phenols is 1. The number of amides is 1. The number of fused-ring (bicyclic) bond motifs is 1. The topological polar surface area (TPSA) is 74.5 Å². The number of carbonyl (C=O) groups excluding carboxylic acids is 1. The summed E-state index contributed by atoms with van der Waals surface area (Å²) in [7, 11) is 0. The molecule has 1 unspecified atom stereocenters. The minimum absolute atomic E-state index is 0.0373. The first kappa shape index (κ1) is 19.2. The lowest BCUT2D eigenvalue weighted by atomic mass is 10.1. The standard InChI is InChI=1S/C18H17F3N2O3S/c1-10-6-13-16(27-10)7-14(23(13)9-18(19,20)21)17(26)22-8-15(25)11-2-4-12(24)5-3-11/h2-7,15,24-25H,8-9H2,1H3,(H,22,26). The number of nitrogens with one attached hydrogen (secondary N) is 1. The van der Waals surface area contributed by atoms with Gasteiger partial charge in [0.25, 0.3) is 5.91 Å². The summed E-state index contributed by atoms with van der Waals surface area (Å²) in [5, 5.41) is 21.8. The van der Waals surface area contributed by atoms with Crippen molar-refractivity contribution >= 4 is 27.5 Å². The Morgan fingerprint density at radius 2 is 1.93 bits per heavy atom. The molecule has 0 saturated heterocycles. The summed E-state index contributed by atoms with van der Waals surface area (Å²) in [4.78, 5) is 13.3. The molecule has 1 amide bonds. The summed E-state index contributed by atoms with van der Waals surface area (Å²) in [5.41, 5.74) is 0.723. The van der Waals surface area contributed by atoms with Gasteiger partial charge in [0.05, 0.1) is 16.3 Å². The van der Waals surface area contributed by atoms with Crippen molar-refractivity contribution in [1.82, 2.24) is 9.88 Å². The van der Waals surface area contributed by atoms with Crippen LogP contribution in [-0.4, -0.2) is 33.4 Å². The van der Waals surface area contributed by atoms with E-state index in [0.29, 0.717) is 15.8 Å². The van der Waals surface area contributed by atoms with Crippen molar-refractivity contribution in [1.29, 1.82) is 0 Å². The zero-order valence-electron chi connectivity index (χ0n) is 14.2. The van der Waals surface area contributed by atoms with Gasteiger partial charge in [0.1, 0.15) is 18.0 Å². The summed E-state index contributed by atoms with van der Waals surface area (Å²) >= 11 is 1.31. The molecular weight excluding hydrogens is 381 g/mol. The average Bonchev–Trinajstić information content (AvgIpc) is 3.09. The number of thiophene rings is 1. The molecule has 1 atom stereocenters. The van der Waals surface area contributed by atoms with E-state index in [4.69, 9.17) is 0 Å². The molecule has 5 nitrogen and oxygen atoms in total. The van der Waals surface area contributed by atoms with E-state index in [1.165, 1.54) is 41.7 Å². The highest BCUT2D eigenvalue weighted by atomic mass is 32.1. The van der Waals surface area contributed by atoms with E-state index in [-0.39, 0.29) is 18.0 Å². The minimum atomic E-state index is -4.47. The molecule has 0 saturated carbocycles. The number of benzene rings is 1. The van der Waals surface area contributed by atoms with E-state index in [2.05, 4.69) is 5.32 Å². The van der Waals surface area contributed by atoms with Crippen LogP contribution < -0.4 is 5.32 Å². The molecule has 2 aromatic heterocycles. The Morgan fingerprint density at radius 3 is 2.56 bits per heavy atom. The fourth-order valence-corrected chi connectivity index (χ4v) is 3.76. The molecule has 0 aliphatic rings. The molecule has 3 aromatic rings. The lowest BCUT2D eigenvalue weighted by Crippen LogP contribution is -2.31. The smallest absolute Gasteiger partial charge is 0.406 e. The first-order valence-electron chi connectivity index (χ1n) is 8.05. The molecule has 0 radical (unpaired) electrons. The lowest BCUT2D eigenvalue weighted by Gasteiger charge is -2.15. The van der Waals surface area contributed by atoms with E-state index in [0.717, 1.165) is 9.44 Å². The largest absolute Gasteiger partial charge is 0.508 e. The number of aromatic nitrogens is 1. The van der Waals surface area contributed by atoms with E-state index in [9.17, 15) is 28.2 Å². The number of aryl methyl sites for hydroxylation is 1. The van der Waals surface area contributed by atoms with Gasteiger partial charge in [0.2, 0.25) is 0 Å². The molecule has 2 heterocycles. The van der Waals surface area contributed by atoms with Crippen molar-refractivity contribution in [2.45, 2.75) is 25.7 Å². The summed E-state index contributed by atoms with van der Waals surface area (Å²) in [6.07, 6.45) is -5.52. The van der Waals surface area contributed by atoms with Crippen molar-refractivity contribution in [2.24, 2.45) is 0 Å². The van der Waals surface area contributed by atoms with E-state index < -0.39 is 24.7 Å². The second kappa shape index (κ2) is 7.24. The van der Waals surface area contributed by atoms with Crippen molar-refractivity contribution < 1.29 is 28.2 Å². The fraction of sp³-hybridized carbons (Fsp3) is 0.278. The molecule has 9 heteroatoms. The number of hydrogen-bond donors (Lipinski definition) is 3. The number of rotatable bonds is 5. The summed E-state index contributed by atoms with van der Waals surface area (Å²) < 4.78 is 40.4. The fourth-order valence-electron chi connectivity index (χ4n) is 2.80. The quantitative estimate of drug-likeness (QED) is 0.613. The molecule has 0 spiro atoms. The number of aliphatic hydroxyl groups is 1. The van der Waals surface area contributed by atoms with Gasteiger partial charge in [-0.3, -0.25) is 4.79 Å². The van der Waals surface area contributed by atoms with Gasteiger partial charge >= 0.3 is 6.18 Å². The molecule has 3 rings (SSSR count). The van der Waals surface area contributed by atoms with Crippen LogP contribution in [0.25, 0.3) is 10.2 Å². The first-order chi connectivity index (χ1) is 12.6. The Balaban J connectivity index is 1.79. The van der Waals surface area contributed by atoms with Gasteiger partial charge in [-0.1, -0.05) is 12.1 Å². The van der Waals surface area contributed by atoms with Crippen LogP contribution in [0.3, 0.4) is 0 Å².